The fourth-order valence-electron chi connectivity index (χ4n) is 2.03. The number of hydrogen-bond acceptors (Lipinski definition) is 4. The molecule has 0 unspecified atom stereocenters. The molecule has 0 spiro atoms. The molecule has 1 N–H and O–H groups in total. The summed E-state index contributed by atoms with van der Waals surface area (Å²) in [5.74, 6) is 0.351. The standard InChI is InChI=1S/C18H17Cl2NO3S/c1-2-24-18(23)13-6-7-16(15(20)9-13)21-17(22)11-25-10-12-4-3-5-14(19)8-12/h3-9H,2,10-11H2,1H3,(H,21,22). The monoisotopic (exact) mass is 397 g/mol. The summed E-state index contributed by atoms with van der Waals surface area (Å²) in [5, 5.41) is 3.70. The highest BCUT2D eigenvalue weighted by molar-refractivity contribution is 7.99. The van der Waals surface area contributed by atoms with Crippen LogP contribution in [0.3, 0.4) is 0 Å². The summed E-state index contributed by atoms with van der Waals surface area (Å²) in [6.45, 7) is 2.02. The molecule has 0 saturated carbocycles. The SMILES string of the molecule is CCOC(=O)c1ccc(NC(=O)CSCc2cccc(Cl)c2)c(Cl)c1. The molecule has 0 radical (unpaired) electrons. The van der Waals surface area contributed by atoms with Gasteiger partial charge in [0.15, 0.2) is 0 Å². The van der Waals surface area contributed by atoms with Gasteiger partial charge in [0.05, 0.1) is 28.6 Å². The van der Waals surface area contributed by atoms with Crippen molar-refractivity contribution in [2.45, 2.75) is 12.7 Å². The third kappa shape index (κ3) is 6.27. The van der Waals surface area contributed by atoms with E-state index in [1.807, 2.05) is 24.3 Å². The van der Waals surface area contributed by atoms with Crippen molar-refractivity contribution in [3.05, 3.63) is 63.6 Å². The lowest BCUT2D eigenvalue weighted by atomic mass is 10.2. The fourth-order valence-corrected chi connectivity index (χ4v) is 3.25. The molecule has 2 aromatic carbocycles. The molecular weight excluding hydrogens is 381 g/mol. The molecule has 0 fully saturated rings. The predicted molar refractivity (Wildman–Crippen MR) is 104 cm³/mol. The summed E-state index contributed by atoms with van der Waals surface area (Å²) < 4.78 is 4.91. The average Bonchev–Trinajstić information content (AvgIpc) is 2.57. The van der Waals surface area contributed by atoms with Gasteiger partial charge in [0.25, 0.3) is 0 Å². The normalized spacial score (nSPS) is 10.4. The van der Waals surface area contributed by atoms with Crippen molar-refractivity contribution in [1.82, 2.24) is 0 Å². The molecule has 1 amide bonds. The highest BCUT2D eigenvalue weighted by atomic mass is 35.5. The quantitative estimate of drug-likeness (QED) is 0.664. The van der Waals surface area contributed by atoms with E-state index >= 15 is 0 Å². The van der Waals surface area contributed by atoms with Crippen LogP contribution in [0.15, 0.2) is 42.5 Å². The smallest absolute Gasteiger partial charge is 0.338 e. The number of esters is 1. The second-order valence-corrected chi connectivity index (χ2v) is 6.92. The number of amides is 1. The van der Waals surface area contributed by atoms with Crippen molar-refractivity contribution in [2.75, 3.05) is 17.7 Å². The van der Waals surface area contributed by atoms with Crippen LogP contribution in [0.1, 0.15) is 22.8 Å². The Hall–Kier alpha value is -1.69. The van der Waals surface area contributed by atoms with E-state index in [4.69, 9.17) is 27.9 Å². The minimum atomic E-state index is -0.445. The van der Waals surface area contributed by atoms with Gasteiger partial charge in [0.1, 0.15) is 0 Å². The Kier molecular flexibility index (Phi) is 7.62. The first-order valence-corrected chi connectivity index (χ1v) is 9.49. The topological polar surface area (TPSA) is 55.4 Å². The molecule has 25 heavy (non-hydrogen) atoms. The lowest BCUT2D eigenvalue weighted by Crippen LogP contribution is -2.15. The van der Waals surface area contributed by atoms with E-state index in [1.165, 1.54) is 17.8 Å². The number of thioether (sulfide) groups is 1. The maximum Gasteiger partial charge on any atom is 0.338 e. The first kappa shape index (κ1) is 19.6. The molecule has 0 aliphatic heterocycles. The van der Waals surface area contributed by atoms with Gasteiger partial charge < -0.3 is 10.1 Å². The molecule has 2 rings (SSSR count). The number of benzene rings is 2. The summed E-state index contributed by atoms with van der Waals surface area (Å²) in [5.41, 5.74) is 1.87. The van der Waals surface area contributed by atoms with E-state index in [-0.39, 0.29) is 11.7 Å². The molecule has 4 nitrogen and oxygen atoms in total. The second-order valence-electron chi connectivity index (χ2n) is 5.09. The maximum atomic E-state index is 12.0. The van der Waals surface area contributed by atoms with E-state index in [1.54, 1.807) is 19.1 Å². The van der Waals surface area contributed by atoms with Crippen LogP contribution in [0.4, 0.5) is 5.69 Å². The zero-order chi connectivity index (χ0) is 18.2. The third-order valence-corrected chi connectivity index (χ3v) is 4.70. The van der Waals surface area contributed by atoms with E-state index in [0.717, 1.165) is 5.56 Å². The first-order valence-electron chi connectivity index (χ1n) is 7.58. The maximum absolute atomic E-state index is 12.0. The summed E-state index contributed by atoms with van der Waals surface area (Å²) in [7, 11) is 0. The van der Waals surface area contributed by atoms with Crippen molar-refractivity contribution in [3.63, 3.8) is 0 Å². The molecule has 2 aromatic rings. The Morgan fingerprint density at radius 3 is 2.64 bits per heavy atom. The zero-order valence-corrected chi connectivity index (χ0v) is 15.9. The number of nitrogens with one attached hydrogen (secondary N) is 1. The molecule has 0 aliphatic rings. The second kappa shape index (κ2) is 9.70. The number of ether oxygens (including phenoxy) is 1. The summed E-state index contributed by atoms with van der Waals surface area (Å²) >= 11 is 13.5. The van der Waals surface area contributed by atoms with Gasteiger partial charge >= 0.3 is 5.97 Å². The van der Waals surface area contributed by atoms with E-state index in [2.05, 4.69) is 5.32 Å². The minimum Gasteiger partial charge on any atom is -0.462 e. The van der Waals surface area contributed by atoms with Crippen LogP contribution in [0.25, 0.3) is 0 Å². The number of carbonyl (C=O) groups excluding carboxylic acids is 2. The number of hydrogen-bond donors (Lipinski definition) is 1. The van der Waals surface area contributed by atoms with Gasteiger partial charge in [-0.3, -0.25) is 4.79 Å². The van der Waals surface area contributed by atoms with Crippen LogP contribution in [0, 0.1) is 0 Å². The predicted octanol–water partition coefficient (Wildman–Crippen LogP) is 5.04. The largest absolute Gasteiger partial charge is 0.462 e. The molecule has 7 heteroatoms. The van der Waals surface area contributed by atoms with Crippen LogP contribution < -0.4 is 5.32 Å². The van der Waals surface area contributed by atoms with Crippen LogP contribution in [0.2, 0.25) is 10.0 Å². The van der Waals surface area contributed by atoms with Crippen molar-refractivity contribution in [1.29, 1.82) is 0 Å². The van der Waals surface area contributed by atoms with E-state index < -0.39 is 5.97 Å². The van der Waals surface area contributed by atoms with Gasteiger partial charge in [-0.05, 0) is 42.8 Å². The van der Waals surface area contributed by atoms with Gasteiger partial charge in [-0.25, -0.2) is 4.79 Å². The van der Waals surface area contributed by atoms with Crippen molar-refractivity contribution in [2.24, 2.45) is 0 Å². The molecule has 0 aromatic heterocycles. The van der Waals surface area contributed by atoms with Crippen molar-refractivity contribution in [3.8, 4) is 0 Å². The molecule has 0 aliphatic carbocycles. The lowest BCUT2D eigenvalue weighted by molar-refractivity contribution is -0.113. The Balaban J connectivity index is 1.86. The molecule has 0 atom stereocenters. The molecule has 0 saturated heterocycles. The zero-order valence-electron chi connectivity index (χ0n) is 13.6. The number of carbonyl (C=O) groups is 2. The van der Waals surface area contributed by atoms with Gasteiger partial charge in [-0.15, -0.1) is 11.8 Å². The number of halogens is 2. The van der Waals surface area contributed by atoms with Gasteiger partial charge in [-0.1, -0.05) is 35.3 Å². The van der Waals surface area contributed by atoms with E-state index in [0.29, 0.717) is 33.7 Å². The minimum absolute atomic E-state index is 0.169. The Morgan fingerprint density at radius 1 is 1.16 bits per heavy atom. The average molecular weight is 398 g/mol. The van der Waals surface area contributed by atoms with Gasteiger partial charge in [0, 0.05) is 10.8 Å². The molecule has 0 heterocycles. The lowest BCUT2D eigenvalue weighted by Gasteiger charge is -2.09. The Bertz CT molecular complexity index is 768. The Morgan fingerprint density at radius 2 is 1.96 bits per heavy atom. The van der Waals surface area contributed by atoms with Crippen LogP contribution in [-0.4, -0.2) is 24.2 Å². The van der Waals surface area contributed by atoms with E-state index in [9.17, 15) is 9.59 Å². The number of rotatable bonds is 7. The summed E-state index contributed by atoms with van der Waals surface area (Å²) in [4.78, 5) is 23.7. The van der Waals surface area contributed by atoms with Crippen molar-refractivity contribution < 1.29 is 14.3 Å². The van der Waals surface area contributed by atoms with Crippen LogP contribution >= 0.6 is 35.0 Å². The third-order valence-electron chi connectivity index (χ3n) is 3.15. The highest BCUT2D eigenvalue weighted by Gasteiger charge is 2.11. The van der Waals surface area contributed by atoms with Gasteiger partial charge in [-0.2, -0.15) is 0 Å². The van der Waals surface area contributed by atoms with Gasteiger partial charge in [0.2, 0.25) is 5.91 Å². The number of anilines is 1. The summed E-state index contributed by atoms with van der Waals surface area (Å²) in [6.07, 6.45) is 0. The first-order chi connectivity index (χ1) is 12.0. The van der Waals surface area contributed by atoms with Crippen LogP contribution in [0.5, 0.6) is 0 Å². The highest BCUT2D eigenvalue weighted by Crippen LogP contribution is 2.24. The van der Waals surface area contributed by atoms with Crippen LogP contribution in [-0.2, 0) is 15.3 Å². The van der Waals surface area contributed by atoms with Crippen molar-refractivity contribution >= 4 is 52.5 Å². The molecule has 0 bridgehead atoms. The molecule has 132 valence electrons. The molecular formula is C18H17Cl2NO3S. The fraction of sp³-hybridized carbons (Fsp3) is 0.222. The summed E-state index contributed by atoms with van der Waals surface area (Å²) in [6, 6.07) is 12.2. The Labute approximate surface area is 160 Å².